The van der Waals surface area contributed by atoms with E-state index in [9.17, 15) is 0 Å². The van der Waals surface area contributed by atoms with Crippen LogP contribution < -0.4 is 0 Å². The standard InChI is InChI=1S/C32H30N2/c1-21-9-10-26(22(2)17-21)28-12-11-27(29-14-15-33-20-30(28)29)23-7-6-8-24(18-23)31-19-25(13-16-34-31)32(3,4)5/h6-20H,1-5H3. The predicted octanol–water partition coefficient (Wildman–Crippen LogP) is 8.55. The number of aromatic nitrogens is 2. The van der Waals surface area contributed by atoms with Crippen LogP contribution in [0.5, 0.6) is 0 Å². The molecule has 0 radical (unpaired) electrons. The summed E-state index contributed by atoms with van der Waals surface area (Å²) in [6.45, 7) is 11.0. The van der Waals surface area contributed by atoms with E-state index in [-0.39, 0.29) is 5.41 Å². The summed E-state index contributed by atoms with van der Waals surface area (Å²) in [7, 11) is 0. The van der Waals surface area contributed by atoms with Crippen LogP contribution in [0.15, 0.2) is 91.4 Å². The molecule has 0 N–H and O–H groups in total. The van der Waals surface area contributed by atoms with Crippen LogP contribution in [0.2, 0.25) is 0 Å². The highest BCUT2D eigenvalue weighted by molar-refractivity contribution is 6.05. The van der Waals surface area contributed by atoms with Crippen LogP contribution in [0.4, 0.5) is 0 Å². The van der Waals surface area contributed by atoms with Gasteiger partial charge in [-0.15, -0.1) is 0 Å². The van der Waals surface area contributed by atoms with E-state index in [2.05, 4.69) is 117 Å². The lowest BCUT2D eigenvalue weighted by Gasteiger charge is -2.19. The van der Waals surface area contributed by atoms with Gasteiger partial charge in [-0.25, -0.2) is 0 Å². The lowest BCUT2D eigenvalue weighted by Crippen LogP contribution is -2.11. The Bertz CT molecular complexity index is 1510. The number of nitrogens with zero attached hydrogens (tertiary/aromatic N) is 2. The Balaban J connectivity index is 1.64. The first-order chi connectivity index (χ1) is 16.3. The minimum atomic E-state index is 0.0858. The maximum absolute atomic E-state index is 4.68. The third-order valence-electron chi connectivity index (χ3n) is 6.59. The summed E-state index contributed by atoms with van der Waals surface area (Å²) in [4.78, 5) is 9.15. The molecule has 5 rings (SSSR count). The zero-order valence-corrected chi connectivity index (χ0v) is 20.6. The largest absolute Gasteiger partial charge is 0.264 e. The molecule has 0 bridgehead atoms. The highest BCUT2D eigenvalue weighted by Crippen LogP contribution is 2.37. The second kappa shape index (κ2) is 8.53. The molecule has 0 aliphatic carbocycles. The smallest absolute Gasteiger partial charge is 0.0705 e. The molecule has 168 valence electrons. The summed E-state index contributed by atoms with van der Waals surface area (Å²) in [5.74, 6) is 0. The maximum atomic E-state index is 4.68. The highest BCUT2D eigenvalue weighted by atomic mass is 14.7. The van der Waals surface area contributed by atoms with E-state index in [1.807, 2.05) is 18.6 Å². The molecular weight excluding hydrogens is 412 g/mol. The SMILES string of the molecule is Cc1ccc(-c2ccc(-c3cccc(-c4cc(C(C)(C)C)ccn4)c3)c3ccncc23)c(C)c1. The fraction of sp³-hybridized carbons (Fsp3) is 0.188. The van der Waals surface area contributed by atoms with Gasteiger partial charge < -0.3 is 0 Å². The maximum Gasteiger partial charge on any atom is 0.0705 e. The molecule has 0 unspecified atom stereocenters. The van der Waals surface area contributed by atoms with Crippen molar-refractivity contribution in [1.29, 1.82) is 0 Å². The van der Waals surface area contributed by atoms with Gasteiger partial charge in [0.25, 0.3) is 0 Å². The predicted molar refractivity (Wildman–Crippen MR) is 144 cm³/mol. The monoisotopic (exact) mass is 442 g/mol. The van der Waals surface area contributed by atoms with Crippen molar-refractivity contribution in [2.45, 2.75) is 40.0 Å². The fourth-order valence-corrected chi connectivity index (χ4v) is 4.69. The summed E-state index contributed by atoms with van der Waals surface area (Å²) < 4.78 is 0. The number of hydrogen-bond donors (Lipinski definition) is 0. The second-order valence-electron chi connectivity index (χ2n) is 10.2. The van der Waals surface area contributed by atoms with E-state index in [0.717, 1.165) is 11.3 Å². The molecule has 0 saturated heterocycles. The Labute approximate surface area is 202 Å². The molecule has 0 saturated carbocycles. The van der Waals surface area contributed by atoms with Gasteiger partial charge in [-0.2, -0.15) is 0 Å². The van der Waals surface area contributed by atoms with Crippen molar-refractivity contribution in [2.24, 2.45) is 0 Å². The molecular formula is C32H30N2. The molecule has 0 aliphatic rings. The van der Waals surface area contributed by atoms with Gasteiger partial charge in [-0.1, -0.05) is 74.9 Å². The number of benzene rings is 3. The Kier molecular flexibility index (Phi) is 5.53. The van der Waals surface area contributed by atoms with E-state index >= 15 is 0 Å². The van der Waals surface area contributed by atoms with Gasteiger partial charge in [-0.05, 0) is 82.3 Å². The average molecular weight is 443 g/mol. The summed E-state index contributed by atoms with van der Waals surface area (Å²) in [6.07, 6.45) is 5.80. The number of fused-ring (bicyclic) bond motifs is 1. The Hall–Kier alpha value is -3.78. The zero-order valence-electron chi connectivity index (χ0n) is 20.6. The van der Waals surface area contributed by atoms with Crippen molar-refractivity contribution in [3.05, 3.63) is 108 Å². The van der Waals surface area contributed by atoms with Gasteiger partial charge in [0, 0.05) is 29.5 Å². The molecule has 3 aromatic carbocycles. The average Bonchev–Trinajstić information content (AvgIpc) is 2.83. The summed E-state index contributed by atoms with van der Waals surface area (Å²) in [5.41, 5.74) is 10.9. The molecule has 0 atom stereocenters. The number of pyridine rings is 2. The number of rotatable bonds is 3. The fourth-order valence-electron chi connectivity index (χ4n) is 4.69. The van der Waals surface area contributed by atoms with Crippen LogP contribution in [0, 0.1) is 13.8 Å². The van der Waals surface area contributed by atoms with Gasteiger partial charge >= 0.3 is 0 Å². The molecule has 0 fully saturated rings. The van der Waals surface area contributed by atoms with E-state index in [1.165, 1.54) is 49.7 Å². The minimum Gasteiger partial charge on any atom is -0.264 e. The summed E-state index contributed by atoms with van der Waals surface area (Å²) >= 11 is 0. The number of aryl methyl sites for hydroxylation is 2. The van der Waals surface area contributed by atoms with Crippen molar-refractivity contribution in [1.82, 2.24) is 9.97 Å². The third-order valence-corrected chi connectivity index (χ3v) is 6.59. The van der Waals surface area contributed by atoms with E-state index in [0.29, 0.717) is 0 Å². The quantitative estimate of drug-likeness (QED) is 0.280. The Morgan fingerprint density at radius 3 is 2.21 bits per heavy atom. The molecule has 2 aromatic heterocycles. The lowest BCUT2D eigenvalue weighted by molar-refractivity contribution is 0.589. The van der Waals surface area contributed by atoms with Crippen LogP contribution in [-0.4, -0.2) is 9.97 Å². The lowest BCUT2D eigenvalue weighted by atomic mass is 9.86. The second-order valence-corrected chi connectivity index (χ2v) is 10.2. The van der Waals surface area contributed by atoms with Crippen LogP contribution in [0.3, 0.4) is 0 Å². The molecule has 2 heterocycles. The topological polar surface area (TPSA) is 25.8 Å². The van der Waals surface area contributed by atoms with Gasteiger partial charge in [-0.3, -0.25) is 9.97 Å². The molecule has 0 aliphatic heterocycles. The molecule has 0 amide bonds. The molecule has 0 spiro atoms. The van der Waals surface area contributed by atoms with Gasteiger partial charge in [0.1, 0.15) is 0 Å². The van der Waals surface area contributed by atoms with E-state index in [1.54, 1.807) is 0 Å². The molecule has 2 heteroatoms. The van der Waals surface area contributed by atoms with Gasteiger partial charge in [0.05, 0.1) is 5.69 Å². The third kappa shape index (κ3) is 4.12. The first-order valence-corrected chi connectivity index (χ1v) is 11.8. The van der Waals surface area contributed by atoms with Crippen LogP contribution >= 0.6 is 0 Å². The van der Waals surface area contributed by atoms with Crippen LogP contribution in [0.1, 0.15) is 37.5 Å². The molecule has 34 heavy (non-hydrogen) atoms. The van der Waals surface area contributed by atoms with Crippen molar-refractivity contribution in [2.75, 3.05) is 0 Å². The molecule has 2 nitrogen and oxygen atoms in total. The first kappa shape index (κ1) is 22.0. The van der Waals surface area contributed by atoms with Crippen LogP contribution in [0.25, 0.3) is 44.3 Å². The number of hydrogen-bond acceptors (Lipinski definition) is 2. The van der Waals surface area contributed by atoms with Gasteiger partial charge in [0.2, 0.25) is 0 Å². The van der Waals surface area contributed by atoms with Crippen molar-refractivity contribution in [3.63, 3.8) is 0 Å². The van der Waals surface area contributed by atoms with E-state index in [4.69, 9.17) is 0 Å². The minimum absolute atomic E-state index is 0.0858. The first-order valence-electron chi connectivity index (χ1n) is 11.8. The van der Waals surface area contributed by atoms with Crippen molar-refractivity contribution < 1.29 is 0 Å². The highest BCUT2D eigenvalue weighted by Gasteiger charge is 2.16. The van der Waals surface area contributed by atoms with E-state index < -0.39 is 0 Å². The normalized spacial score (nSPS) is 11.7. The molecule has 5 aromatic rings. The van der Waals surface area contributed by atoms with Crippen molar-refractivity contribution >= 4 is 10.8 Å². The summed E-state index contributed by atoms with van der Waals surface area (Å²) in [6, 6.07) is 26.3. The Morgan fingerprint density at radius 1 is 0.647 bits per heavy atom. The van der Waals surface area contributed by atoms with Crippen molar-refractivity contribution in [3.8, 4) is 33.5 Å². The zero-order chi connectivity index (χ0) is 23.9. The van der Waals surface area contributed by atoms with Gasteiger partial charge in [0.15, 0.2) is 0 Å². The van der Waals surface area contributed by atoms with Crippen LogP contribution in [-0.2, 0) is 5.41 Å². The Morgan fingerprint density at radius 2 is 1.41 bits per heavy atom. The summed E-state index contributed by atoms with van der Waals surface area (Å²) in [5, 5.41) is 2.38.